The fourth-order valence-electron chi connectivity index (χ4n) is 8.91. The van der Waals surface area contributed by atoms with Crippen LogP contribution in [0.4, 0.5) is 0 Å². The van der Waals surface area contributed by atoms with Crippen LogP contribution in [0.2, 0.25) is 0 Å². The quantitative estimate of drug-likeness (QED) is 0.181. The summed E-state index contributed by atoms with van der Waals surface area (Å²) < 4.78 is 2.42. The second-order valence-corrected chi connectivity index (χ2v) is 15.7. The SMILES string of the molecule is c1ccc(-c2cccc3c2C2(c4ccccc4Sc4ccccc42)c2cccc(-c4cccc5c4c4ccccc4n5-c4ccccc4)c2S3)cc1. The van der Waals surface area contributed by atoms with Gasteiger partial charge in [-0.3, -0.25) is 0 Å². The van der Waals surface area contributed by atoms with E-state index in [1.807, 2.05) is 23.5 Å². The number of fused-ring (bicyclic) bond motifs is 11. The average Bonchev–Trinajstić information content (AvgIpc) is 3.56. The van der Waals surface area contributed by atoms with Crippen molar-refractivity contribution in [3.05, 3.63) is 210 Å². The van der Waals surface area contributed by atoms with Gasteiger partial charge in [-0.05, 0) is 87.0 Å². The van der Waals surface area contributed by atoms with Crippen LogP contribution < -0.4 is 0 Å². The molecule has 0 fully saturated rings. The third-order valence-electron chi connectivity index (χ3n) is 10.9. The summed E-state index contributed by atoms with van der Waals surface area (Å²) in [6.07, 6.45) is 0. The van der Waals surface area contributed by atoms with E-state index in [0.29, 0.717) is 0 Å². The maximum atomic E-state index is 2.42. The van der Waals surface area contributed by atoms with Crippen LogP contribution in [0.5, 0.6) is 0 Å². The zero-order valence-electron chi connectivity index (χ0n) is 28.2. The van der Waals surface area contributed by atoms with Gasteiger partial charge in [0.25, 0.3) is 0 Å². The van der Waals surface area contributed by atoms with Gasteiger partial charge in [0.05, 0.1) is 16.4 Å². The van der Waals surface area contributed by atoms with Gasteiger partial charge in [0.1, 0.15) is 0 Å². The van der Waals surface area contributed by atoms with Crippen molar-refractivity contribution in [2.24, 2.45) is 0 Å². The van der Waals surface area contributed by atoms with E-state index in [9.17, 15) is 0 Å². The Kier molecular flexibility index (Phi) is 6.70. The minimum absolute atomic E-state index is 0.525. The Hall–Kier alpha value is -5.74. The van der Waals surface area contributed by atoms with Crippen molar-refractivity contribution >= 4 is 45.3 Å². The van der Waals surface area contributed by atoms with Gasteiger partial charge in [0.2, 0.25) is 0 Å². The Balaban J connectivity index is 1.28. The number of hydrogen-bond donors (Lipinski definition) is 0. The molecule has 0 atom stereocenters. The van der Waals surface area contributed by atoms with Gasteiger partial charge in [-0.25, -0.2) is 0 Å². The van der Waals surface area contributed by atoms with Crippen molar-refractivity contribution in [3.8, 4) is 27.9 Å². The van der Waals surface area contributed by atoms with E-state index in [2.05, 4.69) is 193 Å². The van der Waals surface area contributed by atoms with Gasteiger partial charge in [0, 0.05) is 36.0 Å². The topological polar surface area (TPSA) is 4.93 Å². The van der Waals surface area contributed by atoms with Crippen LogP contribution in [0, 0.1) is 0 Å². The van der Waals surface area contributed by atoms with Crippen LogP contribution in [0.1, 0.15) is 22.3 Å². The highest BCUT2D eigenvalue weighted by atomic mass is 32.2. The number of para-hydroxylation sites is 2. The first kappa shape index (κ1) is 29.9. The van der Waals surface area contributed by atoms with Crippen LogP contribution in [0.3, 0.4) is 0 Å². The summed E-state index contributed by atoms with van der Waals surface area (Å²) in [6.45, 7) is 0. The Labute approximate surface area is 311 Å². The van der Waals surface area contributed by atoms with Crippen LogP contribution in [0.25, 0.3) is 49.7 Å². The molecule has 244 valence electrons. The van der Waals surface area contributed by atoms with Gasteiger partial charge in [-0.2, -0.15) is 0 Å². The lowest BCUT2D eigenvalue weighted by Gasteiger charge is -2.47. The van der Waals surface area contributed by atoms with Gasteiger partial charge < -0.3 is 4.57 Å². The highest BCUT2D eigenvalue weighted by Gasteiger charge is 2.50. The van der Waals surface area contributed by atoms with Crippen molar-refractivity contribution in [1.82, 2.24) is 4.57 Å². The standard InChI is InChI=1S/C49H31NS2/c1-3-16-32(17-4-1)34-21-15-31-45-47(34)49(38-24-8-11-29-43(38)51-44-30-12-9-25-39(44)49)40-26-13-23-36(48(40)52-45)35-22-14-28-42-46(35)37-20-7-10-27-41(37)50(42)33-18-5-2-6-19-33/h1-31H. The number of hydrogen-bond acceptors (Lipinski definition) is 2. The third-order valence-corrected chi connectivity index (χ3v) is 13.3. The molecule has 0 aliphatic carbocycles. The Morgan fingerprint density at radius 2 is 0.942 bits per heavy atom. The molecule has 1 spiro atoms. The second kappa shape index (κ2) is 11.6. The van der Waals surface area contributed by atoms with E-state index in [1.165, 1.54) is 91.6 Å². The maximum Gasteiger partial charge on any atom is 0.0751 e. The highest BCUT2D eigenvalue weighted by molar-refractivity contribution is 8.00. The lowest BCUT2D eigenvalue weighted by Crippen LogP contribution is -2.37. The maximum absolute atomic E-state index is 2.42. The molecule has 0 amide bonds. The van der Waals surface area contributed by atoms with Crippen molar-refractivity contribution < 1.29 is 0 Å². The summed E-state index contributed by atoms with van der Waals surface area (Å²) in [5.41, 5.74) is 13.5. The van der Waals surface area contributed by atoms with Crippen molar-refractivity contribution in [2.75, 3.05) is 0 Å². The summed E-state index contributed by atoms with van der Waals surface area (Å²) in [5.74, 6) is 0. The van der Waals surface area contributed by atoms with Gasteiger partial charge >= 0.3 is 0 Å². The number of nitrogens with zero attached hydrogens (tertiary/aromatic N) is 1. The van der Waals surface area contributed by atoms with E-state index in [4.69, 9.17) is 0 Å². The van der Waals surface area contributed by atoms with E-state index in [-0.39, 0.29) is 0 Å². The zero-order valence-corrected chi connectivity index (χ0v) is 29.8. The number of rotatable bonds is 3. The van der Waals surface area contributed by atoms with E-state index in [0.717, 1.165) is 0 Å². The minimum Gasteiger partial charge on any atom is -0.309 e. The largest absolute Gasteiger partial charge is 0.309 e. The Morgan fingerprint density at radius 1 is 0.385 bits per heavy atom. The minimum atomic E-state index is -0.525. The molecule has 3 heterocycles. The highest BCUT2D eigenvalue weighted by Crippen LogP contribution is 2.64. The lowest BCUT2D eigenvalue weighted by atomic mass is 9.62. The fourth-order valence-corrected chi connectivity index (χ4v) is 11.5. The molecule has 0 saturated carbocycles. The molecule has 52 heavy (non-hydrogen) atoms. The summed E-state index contributed by atoms with van der Waals surface area (Å²) in [5, 5.41) is 2.55. The van der Waals surface area contributed by atoms with Crippen LogP contribution in [-0.2, 0) is 5.41 Å². The van der Waals surface area contributed by atoms with Gasteiger partial charge in [0.15, 0.2) is 0 Å². The molecule has 0 saturated heterocycles. The number of aromatic nitrogens is 1. The van der Waals surface area contributed by atoms with E-state index in [1.54, 1.807) is 0 Å². The molecule has 0 bridgehead atoms. The van der Waals surface area contributed by atoms with Crippen molar-refractivity contribution in [2.45, 2.75) is 25.0 Å². The molecule has 0 unspecified atom stereocenters. The Morgan fingerprint density at radius 3 is 1.73 bits per heavy atom. The van der Waals surface area contributed by atoms with Crippen molar-refractivity contribution in [3.63, 3.8) is 0 Å². The first-order chi connectivity index (χ1) is 25.8. The summed E-state index contributed by atoms with van der Waals surface area (Å²) in [4.78, 5) is 5.25. The first-order valence-corrected chi connectivity index (χ1v) is 19.4. The monoisotopic (exact) mass is 697 g/mol. The molecule has 1 nitrogen and oxygen atoms in total. The van der Waals surface area contributed by atoms with Gasteiger partial charge in [-0.1, -0.05) is 169 Å². The molecule has 3 heteroatoms. The summed E-state index contributed by atoms with van der Waals surface area (Å²) in [6, 6.07) is 69.7. The van der Waals surface area contributed by atoms with Gasteiger partial charge in [-0.15, -0.1) is 0 Å². The predicted octanol–water partition coefficient (Wildman–Crippen LogP) is 13.4. The van der Waals surface area contributed by atoms with Crippen LogP contribution >= 0.6 is 23.5 Å². The molecule has 2 aliphatic heterocycles. The second-order valence-electron chi connectivity index (χ2n) is 13.6. The van der Waals surface area contributed by atoms with E-state index >= 15 is 0 Å². The first-order valence-electron chi connectivity index (χ1n) is 17.8. The molecular weight excluding hydrogens is 667 g/mol. The van der Waals surface area contributed by atoms with E-state index < -0.39 is 5.41 Å². The van der Waals surface area contributed by atoms with Crippen molar-refractivity contribution in [1.29, 1.82) is 0 Å². The smallest absolute Gasteiger partial charge is 0.0751 e. The molecule has 0 N–H and O–H groups in total. The lowest BCUT2D eigenvalue weighted by molar-refractivity contribution is 0.670. The summed E-state index contributed by atoms with van der Waals surface area (Å²) in [7, 11) is 0. The molecule has 9 aromatic rings. The van der Waals surface area contributed by atoms with Crippen LogP contribution in [0.15, 0.2) is 208 Å². The zero-order chi connectivity index (χ0) is 34.2. The molecule has 2 aliphatic rings. The average molecular weight is 698 g/mol. The third kappa shape index (κ3) is 4.15. The predicted molar refractivity (Wildman–Crippen MR) is 218 cm³/mol. The molecule has 0 radical (unpaired) electrons. The number of benzene rings is 8. The molecular formula is C49H31NS2. The fraction of sp³-hybridized carbons (Fsp3) is 0.0204. The van der Waals surface area contributed by atoms with Crippen LogP contribution in [-0.4, -0.2) is 4.57 Å². The summed E-state index contributed by atoms with van der Waals surface area (Å²) >= 11 is 3.83. The molecule has 11 rings (SSSR count). The molecule has 8 aromatic carbocycles. The Bertz CT molecular complexity index is 2810. The molecule has 1 aromatic heterocycles. The normalized spacial score (nSPS) is 13.8.